The second-order valence-electron chi connectivity index (χ2n) is 8.77. The van der Waals surface area contributed by atoms with Crippen LogP contribution in [0.2, 0.25) is 0 Å². The van der Waals surface area contributed by atoms with Gasteiger partial charge < -0.3 is 5.32 Å². The Bertz CT molecular complexity index is 1250. The van der Waals surface area contributed by atoms with Crippen molar-refractivity contribution in [1.82, 2.24) is 9.97 Å². The number of aryl methyl sites for hydroxylation is 2. The summed E-state index contributed by atoms with van der Waals surface area (Å²) in [5.74, 6) is 0.373. The molecular weight excluding hydrogens is 436 g/mol. The molecule has 0 bridgehead atoms. The first kappa shape index (κ1) is 24.1. The van der Waals surface area contributed by atoms with Crippen LogP contribution in [0.15, 0.2) is 65.6 Å². The van der Waals surface area contributed by atoms with Crippen LogP contribution in [0.5, 0.6) is 0 Å². The number of anilines is 2. The van der Waals surface area contributed by atoms with E-state index in [9.17, 15) is 13.2 Å². The molecule has 1 heterocycles. The number of hydrogen-bond acceptors (Lipinski definition) is 5. The molecule has 0 aliphatic rings. The lowest BCUT2D eigenvalue weighted by Crippen LogP contribution is -2.15. The highest BCUT2D eigenvalue weighted by Crippen LogP contribution is 2.22. The Morgan fingerprint density at radius 1 is 0.939 bits per heavy atom. The molecule has 2 N–H and O–H groups in total. The van der Waals surface area contributed by atoms with E-state index in [2.05, 4.69) is 52.9 Å². The Labute approximate surface area is 195 Å². The maximum absolute atomic E-state index is 12.6. The summed E-state index contributed by atoms with van der Waals surface area (Å²) in [6.45, 7) is 9.90. The van der Waals surface area contributed by atoms with Gasteiger partial charge in [-0.15, -0.1) is 0 Å². The molecule has 1 amide bonds. The predicted octanol–water partition coefficient (Wildman–Crippen LogP) is 4.84. The number of nitrogens with zero attached hydrogens (tertiary/aromatic N) is 2. The fourth-order valence-corrected chi connectivity index (χ4v) is 4.13. The van der Waals surface area contributed by atoms with E-state index in [1.807, 2.05) is 12.1 Å². The fourth-order valence-electron chi connectivity index (χ4n) is 3.13. The molecule has 1 aromatic heterocycles. The highest BCUT2D eigenvalue weighted by atomic mass is 32.2. The number of sulfonamides is 1. The zero-order valence-corrected chi connectivity index (χ0v) is 20.2. The van der Waals surface area contributed by atoms with E-state index >= 15 is 0 Å². The van der Waals surface area contributed by atoms with Gasteiger partial charge in [-0.3, -0.25) is 9.52 Å². The standard InChI is InChI=1S/C25H28N4O3S/c1-17-16-23(27-18(2)26-17)29-33(31,32)22-13-11-21(12-14-22)28-24(30)15-8-19-6-9-20(10-7-19)25(3,4)5/h6-16H,1-5H3,(H,28,30)(H,26,27,29)/b15-8+. The Morgan fingerprint density at radius 3 is 2.15 bits per heavy atom. The second-order valence-corrected chi connectivity index (χ2v) is 10.4. The zero-order chi connectivity index (χ0) is 24.2. The molecule has 0 saturated carbocycles. The van der Waals surface area contributed by atoms with Crippen LogP contribution in [0.3, 0.4) is 0 Å². The van der Waals surface area contributed by atoms with Crippen LogP contribution in [0.25, 0.3) is 6.08 Å². The molecule has 7 nitrogen and oxygen atoms in total. The van der Waals surface area contributed by atoms with Crippen molar-refractivity contribution in [3.8, 4) is 0 Å². The van der Waals surface area contributed by atoms with Gasteiger partial charge in [0, 0.05) is 23.5 Å². The summed E-state index contributed by atoms with van der Waals surface area (Å²) in [5, 5.41) is 2.73. The average molecular weight is 465 g/mol. The van der Waals surface area contributed by atoms with Crippen LogP contribution >= 0.6 is 0 Å². The fraction of sp³-hybridized carbons (Fsp3) is 0.240. The molecule has 0 atom stereocenters. The Kier molecular flexibility index (Phi) is 6.98. The second kappa shape index (κ2) is 9.54. The topological polar surface area (TPSA) is 101 Å². The Hall–Kier alpha value is -3.52. The summed E-state index contributed by atoms with van der Waals surface area (Å²) in [6.07, 6.45) is 3.17. The third kappa shape index (κ3) is 6.73. The van der Waals surface area contributed by atoms with Gasteiger partial charge in [0.1, 0.15) is 11.6 Å². The first-order valence-electron chi connectivity index (χ1n) is 10.5. The largest absolute Gasteiger partial charge is 0.323 e. The number of rotatable bonds is 6. The van der Waals surface area contributed by atoms with Gasteiger partial charge in [-0.25, -0.2) is 18.4 Å². The van der Waals surface area contributed by atoms with Gasteiger partial charge in [0.2, 0.25) is 5.91 Å². The summed E-state index contributed by atoms with van der Waals surface area (Å²) in [6, 6.07) is 15.5. The van der Waals surface area contributed by atoms with Crippen molar-refractivity contribution in [2.45, 2.75) is 44.9 Å². The van der Waals surface area contributed by atoms with Crippen molar-refractivity contribution in [1.29, 1.82) is 0 Å². The molecule has 33 heavy (non-hydrogen) atoms. The summed E-state index contributed by atoms with van der Waals surface area (Å²) in [4.78, 5) is 20.5. The molecule has 0 radical (unpaired) electrons. The molecule has 0 aliphatic carbocycles. The molecule has 0 unspecified atom stereocenters. The monoisotopic (exact) mass is 464 g/mol. The van der Waals surface area contributed by atoms with Crippen LogP contribution in [-0.4, -0.2) is 24.3 Å². The Balaban J connectivity index is 1.63. The molecule has 3 aromatic rings. The number of carbonyl (C=O) groups is 1. The maximum Gasteiger partial charge on any atom is 0.263 e. The van der Waals surface area contributed by atoms with Gasteiger partial charge in [0.15, 0.2) is 0 Å². The van der Waals surface area contributed by atoms with Gasteiger partial charge in [-0.1, -0.05) is 45.0 Å². The quantitative estimate of drug-likeness (QED) is 0.508. The molecule has 8 heteroatoms. The lowest BCUT2D eigenvalue weighted by Gasteiger charge is -2.18. The SMILES string of the molecule is Cc1cc(NS(=O)(=O)c2ccc(NC(=O)/C=C/c3ccc(C(C)(C)C)cc3)cc2)nc(C)n1. The molecule has 3 rings (SSSR count). The van der Waals surface area contributed by atoms with Crippen molar-refractivity contribution in [2.24, 2.45) is 0 Å². The molecule has 0 fully saturated rings. The normalized spacial score (nSPS) is 12.0. The van der Waals surface area contributed by atoms with Crippen LogP contribution < -0.4 is 10.0 Å². The van der Waals surface area contributed by atoms with Crippen molar-refractivity contribution in [2.75, 3.05) is 10.0 Å². The van der Waals surface area contributed by atoms with Crippen LogP contribution in [-0.2, 0) is 20.2 Å². The molecule has 2 aromatic carbocycles. The minimum atomic E-state index is -3.82. The molecule has 172 valence electrons. The van der Waals surface area contributed by atoms with Gasteiger partial charge in [-0.2, -0.15) is 0 Å². The molecule has 0 saturated heterocycles. The molecule has 0 spiro atoms. The lowest BCUT2D eigenvalue weighted by molar-refractivity contribution is -0.111. The van der Waals surface area contributed by atoms with Crippen LogP contribution in [0, 0.1) is 13.8 Å². The van der Waals surface area contributed by atoms with E-state index in [1.54, 1.807) is 26.0 Å². The number of hydrogen-bond donors (Lipinski definition) is 2. The van der Waals surface area contributed by atoms with Gasteiger partial charge in [0.25, 0.3) is 10.0 Å². The highest BCUT2D eigenvalue weighted by molar-refractivity contribution is 7.92. The van der Waals surface area contributed by atoms with E-state index in [0.717, 1.165) is 5.56 Å². The van der Waals surface area contributed by atoms with Crippen LogP contribution in [0.4, 0.5) is 11.5 Å². The predicted molar refractivity (Wildman–Crippen MR) is 132 cm³/mol. The van der Waals surface area contributed by atoms with E-state index in [-0.39, 0.29) is 22.0 Å². The van der Waals surface area contributed by atoms with E-state index < -0.39 is 10.0 Å². The number of benzene rings is 2. The van der Waals surface area contributed by atoms with Crippen molar-refractivity contribution < 1.29 is 13.2 Å². The first-order chi connectivity index (χ1) is 15.4. The smallest absolute Gasteiger partial charge is 0.263 e. The molecule has 0 aliphatic heterocycles. The van der Waals surface area contributed by atoms with E-state index in [0.29, 0.717) is 17.2 Å². The van der Waals surface area contributed by atoms with Crippen molar-refractivity contribution >= 4 is 33.5 Å². The van der Waals surface area contributed by atoms with Crippen LogP contribution in [0.1, 0.15) is 43.4 Å². The molecular formula is C25H28N4O3S. The zero-order valence-electron chi connectivity index (χ0n) is 19.4. The Morgan fingerprint density at radius 2 is 1.58 bits per heavy atom. The van der Waals surface area contributed by atoms with Gasteiger partial charge >= 0.3 is 0 Å². The third-order valence-corrected chi connectivity index (χ3v) is 6.21. The summed E-state index contributed by atoms with van der Waals surface area (Å²) in [5.41, 5.74) is 3.36. The summed E-state index contributed by atoms with van der Waals surface area (Å²) < 4.78 is 27.7. The number of nitrogens with one attached hydrogen (secondary N) is 2. The van der Waals surface area contributed by atoms with Gasteiger partial charge in [0.05, 0.1) is 4.90 Å². The van der Waals surface area contributed by atoms with E-state index in [4.69, 9.17) is 0 Å². The van der Waals surface area contributed by atoms with Gasteiger partial charge in [-0.05, 0) is 60.7 Å². The van der Waals surface area contributed by atoms with Crippen molar-refractivity contribution in [3.05, 3.63) is 83.3 Å². The number of carbonyl (C=O) groups excluding carboxylic acids is 1. The maximum atomic E-state index is 12.6. The third-order valence-electron chi connectivity index (χ3n) is 4.84. The lowest BCUT2D eigenvalue weighted by atomic mass is 9.87. The summed E-state index contributed by atoms with van der Waals surface area (Å²) >= 11 is 0. The van der Waals surface area contributed by atoms with Crippen molar-refractivity contribution in [3.63, 3.8) is 0 Å². The number of aromatic nitrogens is 2. The summed E-state index contributed by atoms with van der Waals surface area (Å²) in [7, 11) is -3.82. The average Bonchev–Trinajstić information content (AvgIpc) is 2.71. The first-order valence-corrected chi connectivity index (χ1v) is 12.0. The minimum absolute atomic E-state index is 0.0592. The number of amides is 1. The highest BCUT2D eigenvalue weighted by Gasteiger charge is 2.16. The minimum Gasteiger partial charge on any atom is -0.323 e. The van der Waals surface area contributed by atoms with E-state index in [1.165, 1.54) is 35.9 Å².